The Morgan fingerprint density at radius 2 is 2.04 bits per heavy atom. The predicted octanol–water partition coefficient (Wildman–Crippen LogP) is 2.19. The third kappa shape index (κ3) is 2.64. The maximum absolute atomic E-state index is 11.9. The SMILES string of the molecule is Cl.NC1(c2noc(Cn3ccc(=O)c4ccccc43)n2)CCC1. The molecule has 4 rings (SSSR count). The summed E-state index contributed by atoms with van der Waals surface area (Å²) in [4.78, 5) is 16.3. The summed E-state index contributed by atoms with van der Waals surface area (Å²) in [5, 5.41) is 4.70. The van der Waals surface area contributed by atoms with Gasteiger partial charge in [0.2, 0.25) is 5.89 Å². The lowest BCUT2D eigenvalue weighted by molar-refractivity contribution is 0.229. The van der Waals surface area contributed by atoms with Gasteiger partial charge in [-0.2, -0.15) is 4.98 Å². The van der Waals surface area contributed by atoms with E-state index in [9.17, 15) is 4.79 Å². The molecule has 0 amide bonds. The highest BCUT2D eigenvalue weighted by atomic mass is 35.5. The first-order chi connectivity index (χ1) is 10.7. The van der Waals surface area contributed by atoms with Crippen LogP contribution >= 0.6 is 12.4 Å². The van der Waals surface area contributed by atoms with Gasteiger partial charge >= 0.3 is 0 Å². The van der Waals surface area contributed by atoms with Crippen molar-refractivity contribution >= 4 is 23.3 Å². The molecule has 2 heterocycles. The van der Waals surface area contributed by atoms with Crippen molar-refractivity contribution in [2.75, 3.05) is 0 Å². The third-order valence-electron chi connectivity index (χ3n) is 4.35. The zero-order valence-corrected chi connectivity index (χ0v) is 13.3. The highest BCUT2D eigenvalue weighted by Crippen LogP contribution is 2.36. The molecule has 0 saturated heterocycles. The number of nitrogens with zero attached hydrogens (tertiary/aromatic N) is 3. The van der Waals surface area contributed by atoms with E-state index in [0.717, 1.165) is 24.8 Å². The van der Waals surface area contributed by atoms with E-state index < -0.39 is 5.54 Å². The highest BCUT2D eigenvalue weighted by molar-refractivity contribution is 5.85. The summed E-state index contributed by atoms with van der Waals surface area (Å²) in [6.07, 6.45) is 4.64. The second-order valence-corrected chi connectivity index (χ2v) is 5.85. The van der Waals surface area contributed by atoms with Gasteiger partial charge in [-0.25, -0.2) is 0 Å². The third-order valence-corrected chi connectivity index (χ3v) is 4.35. The van der Waals surface area contributed by atoms with E-state index in [-0.39, 0.29) is 17.8 Å². The Kier molecular flexibility index (Phi) is 3.95. The van der Waals surface area contributed by atoms with E-state index in [1.807, 2.05) is 28.8 Å². The van der Waals surface area contributed by atoms with Crippen LogP contribution in [0.3, 0.4) is 0 Å². The molecule has 0 unspecified atom stereocenters. The van der Waals surface area contributed by atoms with E-state index in [0.29, 0.717) is 23.6 Å². The monoisotopic (exact) mass is 332 g/mol. The van der Waals surface area contributed by atoms with Crippen molar-refractivity contribution in [3.63, 3.8) is 0 Å². The van der Waals surface area contributed by atoms with Crippen molar-refractivity contribution in [1.29, 1.82) is 0 Å². The molecule has 6 nitrogen and oxygen atoms in total. The number of rotatable bonds is 3. The second-order valence-electron chi connectivity index (χ2n) is 5.85. The van der Waals surface area contributed by atoms with Gasteiger partial charge in [-0.15, -0.1) is 12.4 Å². The van der Waals surface area contributed by atoms with E-state index in [1.165, 1.54) is 0 Å². The first kappa shape index (κ1) is 15.7. The van der Waals surface area contributed by atoms with E-state index in [2.05, 4.69) is 10.1 Å². The molecule has 3 aromatic rings. The average molecular weight is 333 g/mol. The smallest absolute Gasteiger partial charge is 0.246 e. The molecule has 0 spiro atoms. The molecule has 120 valence electrons. The first-order valence-electron chi connectivity index (χ1n) is 7.36. The quantitative estimate of drug-likeness (QED) is 0.794. The molecule has 1 fully saturated rings. The second kappa shape index (κ2) is 5.79. The van der Waals surface area contributed by atoms with Crippen molar-refractivity contribution in [2.24, 2.45) is 5.73 Å². The number of aromatic nitrogens is 3. The number of benzene rings is 1. The highest BCUT2D eigenvalue weighted by Gasteiger charge is 2.38. The molecule has 1 saturated carbocycles. The minimum atomic E-state index is -0.423. The molecule has 1 aromatic carbocycles. The Labute approximate surface area is 138 Å². The van der Waals surface area contributed by atoms with Gasteiger partial charge in [0.25, 0.3) is 0 Å². The molecule has 2 aromatic heterocycles. The standard InChI is InChI=1S/C16H16N4O2.ClH/c17-16(7-3-8-16)15-18-14(22-19-15)10-20-9-6-13(21)11-4-1-2-5-12(11)20;/h1-2,4-6,9H,3,7-8,10,17H2;1H. The Bertz CT molecular complexity index is 898. The lowest BCUT2D eigenvalue weighted by atomic mass is 9.77. The first-order valence-corrected chi connectivity index (χ1v) is 7.36. The van der Waals surface area contributed by atoms with Crippen LogP contribution in [0.25, 0.3) is 10.9 Å². The topological polar surface area (TPSA) is 86.9 Å². The number of halogens is 1. The lowest BCUT2D eigenvalue weighted by Gasteiger charge is -2.34. The fraction of sp³-hybridized carbons (Fsp3) is 0.312. The van der Waals surface area contributed by atoms with Crippen molar-refractivity contribution in [1.82, 2.24) is 14.7 Å². The summed E-state index contributed by atoms with van der Waals surface area (Å²) in [6.45, 7) is 0.421. The molecule has 2 N–H and O–H groups in total. The summed E-state index contributed by atoms with van der Waals surface area (Å²) in [5.74, 6) is 1.08. The van der Waals surface area contributed by atoms with Crippen LogP contribution in [0.2, 0.25) is 0 Å². The maximum atomic E-state index is 11.9. The van der Waals surface area contributed by atoms with Crippen molar-refractivity contribution in [3.8, 4) is 0 Å². The van der Waals surface area contributed by atoms with Crippen LogP contribution in [0.4, 0.5) is 0 Å². The van der Waals surface area contributed by atoms with Gasteiger partial charge in [0.05, 0.1) is 11.1 Å². The van der Waals surface area contributed by atoms with Gasteiger partial charge in [-0.05, 0) is 31.4 Å². The normalized spacial score (nSPS) is 15.9. The largest absolute Gasteiger partial charge is 0.338 e. The molecular formula is C16H17ClN4O2. The Balaban J connectivity index is 0.00000156. The van der Waals surface area contributed by atoms with Crippen molar-refractivity contribution in [3.05, 3.63) is 58.5 Å². The Morgan fingerprint density at radius 1 is 1.26 bits per heavy atom. The molecule has 0 atom stereocenters. The molecular weight excluding hydrogens is 316 g/mol. The van der Waals surface area contributed by atoms with Gasteiger partial charge in [-0.1, -0.05) is 17.3 Å². The number of hydrogen-bond donors (Lipinski definition) is 1. The van der Waals surface area contributed by atoms with Crippen LogP contribution in [-0.4, -0.2) is 14.7 Å². The molecule has 1 aliphatic rings. The molecule has 0 aliphatic heterocycles. The minimum absolute atomic E-state index is 0. The maximum Gasteiger partial charge on any atom is 0.246 e. The zero-order chi connectivity index (χ0) is 15.2. The van der Waals surface area contributed by atoms with Crippen molar-refractivity contribution < 1.29 is 4.52 Å². The average Bonchev–Trinajstić information content (AvgIpc) is 2.97. The van der Waals surface area contributed by atoms with Crippen LogP contribution in [0.15, 0.2) is 45.8 Å². The van der Waals surface area contributed by atoms with Gasteiger partial charge < -0.3 is 14.8 Å². The van der Waals surface area contributed by atoms with Crippen molar-refractivity contribution in [2.45, 2.75) is 31.3 Å². The van der Waals surface area contributed by atoms with Crippen LogP contribution in [-0.2, 0) is 12.1 Å². The molecule has 1 aliphatic carbocycles. The van der Waals surface area contributed by atoms with Gasteiger partial charge in [0, 0.05) is 17.6 Å². The number of nitrogens with two attached hydrogens (primary N) is 1. The summed E-state index contributed by atoms with van der Waals surface area (Å²) in [5.41, 5.74) is 6.64. The van der Waals surface area contributed by atoms with Crippen LogP contribution in [0.5, 0.6) is 0 Å². The van der Waals surface area contributed by atoms with Gasteiger partial charge in [-0.3, -0.25) is 4.79 Å². The van der Waals surface area contributed by atoms with E-state index in [4.69, 9.17) is 10.3 Å². The minimum Gasteiger partial charge on any atom is -0.338 e. The molecule has 23 heavy (non-hydrogen) atoms. The lowest BCUT2D eigenvalue weighted by Crippen LogP contribution is -2.44. The van der Waals surface area contributed by atoms with Crippen LogP contribution < -0.4 is 11.2 Å². The fourth-order valence-electron chi connectivity index (χ4n) is 2.85. The zero-order valence-electron chi connectivity index (χ0n) is 12.4. The molecule has 0 bridgehead atoms. The summed E-state index contributed by atoms with van der Waals surface area (Å²) >= 11 is 0. The number of pyridine rings is 1. The predicted molar refractivity (Wildman–Crippen MR) is 88.6 cm³/mol. The Morgan fingerprint density at radius 3 is 2.78 bits per heavy atom. The summed E-state index contributed by atoms with van der Waals surface area (Å²) in [7, 11) is 0. The van der Waals surface area contributed by atoms with Crippen LogP contribution in [0.1, 0.15) is 31.0 Å². The molecule has 0 radical (unpaired) electrons. The number of fused-ring (bicyclic) bond motifs is 1. The van der Waals surface area contributed by atoms with Gasteiger partial charge in [0.1, 0.15) is 6.54 Å². The Hall–Kier alpha value is -2.18. The number of para-hydroxylation sites is 1. The van der Waals surface area contributed by atoms with E-state index >= 15 is 0 Å². The summed E-state index contributed by atoms with van der Waals surface area (Å²) in [6, 6.07) is 9.03. The fourth-order valence-corrected chi connectivity index (χ4v) is 2.85. The van der Waals surface area contributed by atoms with Crippen LogP contribution in [0, 0.1) is 0 Å². The van der Waals surface area contributed by atoms with E-state index in [1.54, 1.807) is 12.3 Å². The number of hydrogen-bond acceptors (Lipinski definition) is 5. The summed E-state index contributed by atoms with van der Waals surface area (Å²) < 4.78 is 7.26. The van der Waals surface area contributed by atoms with Gasteiger partial charge in [0.15, 0.2) is 11.3 Å². The molecule has 7 heteroatoms.